The number of hydrogen-bond donors (Lipinski definition) is 0. The van der Waals surface area contributed by atoms with Gasteiger partial charge in [-0.3, -0.25) is 0 Å². The molecular weight excluding hydrogens is 402 g/mol. The Morgan fingerprint density at radius 2 is 1.81 bits per heavy atom. The van der Waals surface area contributed by atoms with Gasteiger partial charge in [0.2, 0.25) is 0 Å². The molecule has 0 saturated heterocycles. The van der Waals surface area contributed by atoms with E-state index in [2.05, 4.69) is 17.1 Å². The lowest BCUT2D eigenvalue weighted by molar-refractivity contribution is 0.309. The fourth-order valence-electron chi connectivity index (χ4n) is 3.78. The smallest absolute Gasteiger partial charge is 0.350 e. The molecule has 7 nitrogen and oxygen atoms in total. The Hall–Kier alpha value is -3.87. The van der Waals surface area contributed by atoms with Gasteiger partial charge in [0.05, 0.1) is 18.8 Å². The van der Waals surface area contributed by atoms with E-state index >= 15 is 0 Å². The van der Waals surface area contributed by atoms with Gasteiger partial charge >= 0.3 is 5.69 Å². The van der Waals surface area contributed by atoms with Crippen molar-refractivity contribution in [3.05, 3.63) is 88.6 Å². The van der Waals surface area contributed by atoms with E-state index in [0.717, 1.165) is 53.1 Å². The van der Waals surface area contributed by atoms with E-state index in [9.17, 15) is 4.79 Å². The predicted molar refractivity (Wildman–Crippen MR) is 124 cm³/mol. The Labute approximate surface area is 185 Å². The maximum absolute atomic E-state index is 12.9. The van der Waals surface area contributed by atoms with E-state index in [1.54, 1.807) is 21.3 Å². The fourth-order valence-corrected chi connectivity index (χ4v) is 3.78. The van der Waals surface area contributed by atoms with Gasteiger partial charge in [-0.2, -0.15) is 5.10 Å². The highest BCUT2D eigenvalue weighted by Crippen LogP contribution is 2.24. The van der Waals surface area contributed by atoms with Crippen LogP contribution in [0.25, 0.3) is 22.4 Å². The zero-order valence-corrected chi connectivity index (χ0v) is 18.2. The molecule has 5 aromatic rings. The van der Waals surface area contributed by atoms with Crippen molar-refractivity contribution in [3.63, 3.8) is 0 Å². The molecule has 0 aliphatic carbocycles. The number of fused-ring (bicyclic) bond motifs is 3. The number of aryl methyl sites for hydroxylation is 1. The molecule has 2 aromatic carbocycles. The summed E-state index contributed by atoms with van der Waals surface area (Å²) in [6, 6.07) is 17.9. The van der Waals surface area contributed by atoms with E-state index in [1.165, 1.54) is 4.68 Å². The lowest BCUT2D eigenvalue weighted by Crippen LogP contribution is -2.22. The molecule has 3 heterocycles. The highest BCUT2D eigenvalue weighted by Gasteiger charge is 2.14. The van der Waals surface area contributed by atoms with Crippen LogP contribution < -0.4 is 10.4 Å². The second-order valence-corrected chi connectivity index (χ2v) is 7.94. The highest BCUT2D eigenvalue weighted by atomic mass is 16.5. The molecule has 0 saturated carbocycles. The normalized spacial score (nSPS) is 11.4. The average Bonchev–Trinajstić information content (AvgIpc) is 3.38. The average molecular weight is 428 g/mol. The summed E-state index contributed by atoms with van der Waals surface area (Å²) in [7, 11) is 0. The van der Waals surface area contributed by atoms with Gasteiger partial charge in [0, 0.05) is 18.0 Å². The molecule has 0 N–H and O–H groups in total. The number of ether oxygens (including phenoxy) is 1. The first-order chi connectivity index (χ1) is 15.6. The number of hydrogen-bond acceptors (Lipinski definition) is 4. The van der Waals surface area contributed by atoms with Crippen LogP contribution in [-0.4, -0.2) is 30.4 Å². The summed E-state index contributed by atoms with van der Waals surface area (Å²) in [5.74, 6) is 0.856. The van der Waals surface area contributed by atoms with Gasteiger partial charge in [-0.25, -0.2) is 18.4 Å². The van der Waals surface area contributed by atoms with E-state index in [-0.39, 0.29) is 5.69 Å². The Bertz CT molecular complexity index is 1440. The van der Waals surface area contributed by atoms with Gasteiger partial charge in [-0.1, -0.05) is 37.6 Å². The summed E-state index contributed by atoms with van der Waals surface area (Å²) in [5.41, 5.74) is 5.22. The minimum absolute atomic E-state index is 0.165. The van der Waals surface area contributed by atoms with Gasteiger partial charge in [-0.05, 0) is 54.8 Å². The molecule has 0 amide bonds. The van der Waals surface area contributed by atoms with E-state index in [4.69, 9.17) is 4.74 Å². The molecule has 3 aromatic heterocycles. The monoisotopic (exact) mass is 427 g/mol. The third-order valence-corrected chi connectivity index (χ3v) is 5.69. The van der Waals surface area contributed by atoms with E-state index in [0.29, 0.717) is 12.2 Å². The Morgan fingerprint density at radius 3 is 2.59 bits per heavy atom. The van der Waals surface area contributed by atoms with Crippen LogP contribution in [0.1, 0.15) is 30.9 Å². The first kappa shape index (κ1) is 20.1. The lowest BCUT2D eigenvalue weighted by atomic mass is 10.1. The summed E-state index contributed by atoms with van der Waals surface area (Å²) in [5, 5.41) is 9.31. The molecule has 0 fully saturated rings. The van der Waals surface area contributed by atoms with Crippen molar-refractivity contribution in [1.29, 1.82) is 0 Å². The zero-order valence-electron chi connectivity index (χ0n) is 18.2. The Balaban J connectivity index is 1.49. The minimum atomic E-state index is -0.165. The first-order valence-electron chi connectivity index (χ1n) is 10.9. The topological polar surface area (TPSA) is 65.8 Å². The third kappa shape index (κ3) is 3.66. The zero-order chi connectivity index (χ0) is 22.1. The number of unbranched alkanes of at least 4 members (excludes halogenated alkanes) is 1. The molecule has 0 spiro atoms. The van der Waals surface area contributed by atoms with E-state index in [1.807, 2.05) is 61.5 Å². The van der Waals surface area contributed by atoms with Gasteiger partial charge in [0.1, 0.15) is 11.3 Å². The first-order valence-corrected chi connectivity index (χ1v) is 10.9. The second kappa shape index (κ2) is 8.34. The SMILES string of the molecule is CCCCOc1ccc(-c2cc3c4nn(Cc5ccccc5C)c(=O)n4ccn3n2)cc1. The summed E-state index contributed by atoms with van der Waals surface area (Å²) in [6.45, 7) is 5.34. The maximum Gasteiger partial charge on any atom is 0.350 e. The summed E-state index contributed by atoms with van der Waals surface area (Å²) in [6.07, 6.45) is 5.65. The Kier molecular flexibility index (Phi) is 5.23. The largest absolute Gasteiger partial charge is 0.494 e. The molecule has 0 unspecified atom stereocenters. The molecule has 5 rings (SSSR count). The van der Waals surface area contributed by atoms with Crippen molar-refractivity contribution >= 4 is 11.2 Å². The Morgan fingerprint density at radius 1 is 1.00 bits per heavy atom. The van der Waals surface area contributed by atoms with Crippen molar-refractivity contribution in [2.45, 2.75) is 33.2 Å². The lowest BCUT2D eigenvalue weighted by Gasteiger charge is -2.05. The third-order valence-electron chi connectivity index (χ3n) is 5.69. The van der Waals surface area contributed by atoms with Crippen LogP contribution in [0.15, 0.2) is 71.8 Å². The molecule has 0 radical (unpaired) electrons. The highest BCUT2D eigenvalue weighted by molar-refractivity contribution is 5.76. The second-order valence-electron chi connectivity index (χ2n) is 7.94. The molecule has 0 aliphatic heterocycles. The van der Waals surface area contributed by atoms with Gasteiger partial charge in [0.25, 0.3) is 0 Å². The molecule has 162 valence electrons. The molecule has 32 heavy (non-hydrogen) atoms. The molecule has 7 heteroatoms. The maximum atomic E-state index is 12.9. The van der Waals surface area contributed by atoms with Crippen LogP contribution >= 0.6 is 0 Å². The van der Waals surface area contributed by atoms with Crippen LogP contribution in [0.3, 0.4) is 0 Å². The molecule has 0 bridgehead atoms. The van der Waals surface area contributed by atoms with Gasteiger partial charge in [0.15, 0.2) is 5.65 Å². The van der Waals surface area contributed by atoms with Crippen LogP contribution in [0.4, 0.5) is 0 Å². The number of nitrogens with zero attached hydrogens (tertiary/aromatic N) is 5. The fraction of sp³-hybridized carbons (Fsp3) is 0.240. The molecule has 0 aliphatic rings. The number of rotatable bonds is 7. The predicted octanol–water partition coefficient (Wildman–Crippen LogP) is 4.35. The summed E-state index contributed by atoms with van der Waals surface area (Å²) >= 11 is 0. The van der Waals surface area contributed by atoms with E-state index < -0.39 is 0 Å². The molecule has 0 atom stereocenters. The van der Waals surface area contributed by atoms with Crippen molar-refractivity contribution in [2.24, 2.45) is 0 Å². The van der Waals surface area contributed by atoms with Crippen LogP contribution in [0.5, 0.6) is 5.75 Å². The quantitative estimate of drug-likeness (QED) is 0.362. The van der Waals surface area contributed by atoms with Gasteiger partial charge in [-0.15, -0.1) is 5.10 Å². The van der Waals surface area contributed by atoms with Crippen LogP contribution in [0, 0.1) is 6.92 Å². The van der Waals surface area contributed by atoms with Crippen molar-refractivity contribution in [1.82, 2.24) is 23.8 Å². The molecular formula is C25H25N5O2. The van der Waals surface area contributed by atoms with Crippen LogP contribution in [0.2, 0.25) is 0 Å². The minimum Gasteiger partial charge on any atom is -0.494 e. The van der Waals surface area contributed by atoms with Gasteiger partial charge < -0.3 is 4.74 Å². The summed E-state index contributed by atoms with van der Waals surface area (Å²) in [4.78, 5) is 12.9. The van der Waals surface area contributed by atoms with Crippen LogP contribution in [-0.2, 0) is 6.54 Å². The summed E-state index contributed by atoms with van der Waals surface area (Å²) < 4.78 is 10.6. The number of aromatic nitrogens is 5. The number of benzene rings is 2. The van der Waals surface area contributed by atoms with Crippen molar-refractivity contribution in [3.8, 4) is 17.0 Å². The standard InChI is InChI=1S/C25H25N5O2/c1-3-4-15-32-21-11-9-19(10-12-21)22-16-23-24-27-30(17-20-8-6-5-7-18(20)2)25(31)28(24)13-14-29(23)26-22/h5-14,16H,3-4,15,17H2,1-2H3. The van der Waals surface area contributed by atoms with Crippen molar-refractivity contribution in [2.75, 3.05) is 6.61 Å². The van der Waals surface area contributed by atoms with Crippen molar-refractivity contribution < 1.29 is 4.74 Å².